The highest BCUT2D eigenvalue weighted by Gasteiger charge is 2.21. The Bertz CT molecular complexity index is 209. The predicted octanol–water partition coefficient (Wildman–Crippen LogP) is 3.23. The highest BCUT2D eigenvalue weighted by atomic mass is 19.4. The van der Waals surface area contributed by atoms with Crippen LogP contribution in [0.2, 0.25) is 0 Å². The molecule has 0 spiro atoms. The maximum absolute atomic E-state index is 11.6. The number of carbonyl (C=O) groups is 1. The van der Waals surface area contributed by atoms with Crippen molar-refractivity contribution in [2.24, 2.45) is 0 Å². The van der Waals surface area contributed by atoms with Crippen LogP contribution < -0.4 is 0 Å². The molecule has 0 N–H and O–H groups in total. The summed E-state index contributed by atoms with van der Waals surface area (Å²) in [6.07, 6.45) is -1.22. The number of halogens is 3. The molecule has 88 valence electrons. The fourth-order valence-corrected chi connectivity index (χ4v) is 0.982. The Kier molecular flexibility index (Phi) is 6.83. The Hall–Kier alpha value is -1.00. The molecule has 0 amide bonds. The average molecular weight is 224 g/mol. The van der Waals surface area contributed by atoms with E-state index in [9.17, 15) is 18.0 Å². The molecule has 0 saturated heterocycles. The van der Waals surface area contributed by atoms with E-state index in [-0.39, 0.29) is 18.5 Å². The number of allylic oxidation sites excluding steroid dienone is 2. The van der Waals surface area contributed by atoms with E-state index in [0.29, 0.717) is 25.9 Å². The number of hydrogen-bond acceptors (Lipinski definition) is 2. The van der Waals surface area contributed by atoms with Gasteiger partial charge in [-0.15, -0.1) is 0 Å². The standard InChI is InChI=1S/C10H15F3O2/c1-2-15-9(14)7-5-3-4-6-8-10(11,12)13/h6,8H,2-5,7H2,1H3. The number of unbranched alkanes of at least 4 members (excludes halogenated alkanes) is 2. The van der Waals surface area contributed by atoms with E-state index in [4.69, 9.17) is 0 Å². The van der Waals surface area contributed by atoms with Gasteiger partial charge in [0.15, 0.2) is 0 Å². The third-order valence-corrected chi connectivity index (χ3v) is 1.61. The lowest BCUT2D eigenvalue weighted by atomic mass is 10.2. The lowest BCUT2D eigenvalue weighted by molar-refractivity contribution is -0.143. The zero-order valence-corrected chi connectivity index (χ0v) is 8.64. The van der Waals surface area contributed by atoms with E-state index >= 15 is 0 Å². The van der Waals surface area contributed by atoms with Crippen molar-refractivity contribution < 1.29 is 22.7 Å². The van der Waals surface area contributed by atoms with E-state index in [1.54, 1.807) is 6.92 Å². The second-order valence-electron chi connectivity index (χ2n) is 2.99. The van der Waals surface area contributed by atoms with E-state index in [0.717, 1.165) is 6.08 Å². The lowest BCUT2D eigenvalue weighted by Gasteiger charge is -2.00. The van der Waals surface area contributed by atoms with Gasteiger partial charge in [-0.05, 0) is 26.2 Å². The third-order valence-electron chi connectivity index (χ3n) is 1.61. The molecule has 0 aromatic carbocycles. The predicted molar refractivity (Wildman–Crippen MR) is 50.3 cm³/mol. The molecule has 0 fully saturated rings. The summed E-state index contributed by atoms with van der Waals surface area (Å²) in [5.74, 6) is -0.294. The highest BCUT2D eigenvalue weighted by Crippen LogP contribution is 2.16. The van der Waals surface area contributed by atoms with Crippen molar-refractivity contribution in [3.8, 4) is 0 Å². The Morgan fingerprint density at radius 1 is 1.33 bits per heavy atom. The topological polar surface area (TPSA) is 26.3 Å². The summed E-state index contributed by atoms with van der Waals surface area (Å²) >= 11 is 0. The summed E-state index contributed by atoms with van der Waals surface area (Å²) in [5.41, 5.74) is 0. The second kappa shape index (κ2) is 7.31. The molecule has 0 radical (unpaired) electrons. The molecule has 0 saturated carbocycles. The molecule has 0 aromatic rings. The van der Waals surface area contributed by atoms with Crippen LogP contribution in [0.25, 0.3) is 0 Å². The van der Waals surface area contributed by atoms with Crippen molar-refractivity contribution in [3.63, 3.8) is 0 Å². The number of hydrogen-bond donors (Lipinski definition) is 0. The Balaban J connectivity index is 3.40. The smallest absolute Gasteiger partial charge is 0.409 e. The van der Waals surface area contributed by atoms with Crippen molar-refractivity contribution in [2.75, 3.05) is 6.61 Å². The first-order valence-corrected chi connectivity index (χ1v) is 4.85. The van der Waals surface area contributed by atoms with Crippen LogP contribution in [0.1, 0.15) is 32.6 Å². The molecular formula is C10H15F3O2. The molecule has 0 bridgehead atoms. The Labute approximate surface area is 87.1 Å². The minimum atomic E-state index is -4.23. The number of carbonyl (C=O) groups excluding carboxylic acids is 1. The van der Waals surface area contributed by atoms with E-state index < -0.39 is 6.18 Å². The van der Waals surface area contributed by atoms with Gasteiger partial charge in [0, 0.05) is 12.5 Å². The SMILES string of the molecule is CCOC(=O)CCCCC=CC(F)(F)F. The van der Waals surface area contributed by atoms with E-state index in [1.165, 1.54) is 0 Å². The molecule has 0 rings (SSSR count). The minimum absolute atomic E-state index is 0.220. The van der Waals surface area contributed by atoms with Gasteiger partial charge in [0.05, 0.1) is 6.61 Å². The van der Waals surface area contributed by atoms with Crippen LogP contribution in [0.5, 0.6) is 0 Å². The van der Waals surface area contributed by atoms with Crippen molar-refractivity contribution in [1.82, 2.24) is 0 Å². The molecular weight excluding hydrogens is 209 g/mol. The Morgan fingerprint density at radius 3 is 2.53 bits per heavy atom. The maximum Gasteiger partial charge on any atom is 0.409 e. The number of alkyl halides is 3. The fraction of sp³-hybridized carbons (Fsp3) is 0.700. The van der Waals surface area contributed by atoms with Crippen molar-refractivity contribution in [2.45, 2.75) is 38.8 Å². The van der Waals surface area contributed by atoms with Crippen LogP contribution in [-0.2, 0) is 9.53 Å². The molecule has 0 atom stereocenters. The van der Waals surface area contributed by atoms with Gasteiger partial charge in [-0.1, -0.05) is 6.08 Å². The third kappa shape index (κ3) is 10.9. The largest absolute Gasteiger partial charge is 0.466 e. The molecule has 0 aliphatic rings. The molecule has 0 heterocycles. The van der Waals surface area contributed by atoms with Crippen molar-refractivity contribution >= 4 is 5.97 Å². The molecule has 0 unspecified atom stereocenters. The quantitative estimate of drug-likeness (QED) is 0.393. The summed E-state index contributed by atoms with van der Waals surface area (Å²) in [5, 5.41) is 0. The maximum atomic E-state index is 11.6. The zero-order valence-electron chi connectivity index (χ0n) is 8.64. The molecule has 0 aliphatic carbocycles. The van der Waals surface area contributed by atoms with Gasteiger partial charge >= 0.3 is 12.1 Å². The summed E-state index contributed by atoms with van der Waals surface area (Å²) < 4.78 is 39.6. The molecule has 0 aromatic heterocycles. The summed E-state index contributed by atoms with van der Waals surface area (Å²) in [6.45, 7) is 2.05. The highest BCUT2D eigenvalue weighted by molar-refractivity contribution is 5.69. The zero-order chi connectivity index (χ0) is 11.7. The minimum Gasteiger partial charge on any atom is -0.466 e. The van der Waals surface area contributed by atoms with Gasteiger partial charge in [-0.25, -0.2) is 0 Å². The van der Waals surface area contributed by atoms with Gasteiger partial charge in [-0.2, -0.15) is 13.2 Å². The van der Waals surface area contributed by atoms with Crippen LogP contribution >= 0.6 is 0 Å². The molecule has 0 aliphatic heterocycles. The summed E-state index contributed by atoms with van der Waals surface area (Å²) in [6, 6.07) is 0. The normalized spacial score (nSPS) is 12.0. The van der Waals surface area contributed by atoms with Crippen LogP contribution in [-0.4, -0.2) is 18.8 Å². The average Bonchev–Trinajstić information content (AvgIpc) is 2.09. The van der Waals surface area contributed by atoms with Gasteiger partial charge in [0.2, 0.25) is 0 Å². The molecule has 15 heavy (non-hydrogen) atoms. The van der Waals surface area contributed by atoms with Crippen molar-refractivity contribution in [1.29, 1.82) is 0 Å². The molecule has 5 heteroatoms. The van der Waals surface area contributed by atoms with Crippen LogP contribution in [0.4, 0.5) is 13.2 Å². The fourth-order valence-electron chi connectivity index (χ4n) is 0.982. The van der Waals surface area contributed by atoms with E-state index in [1.807, 2.05) is 0 Å². The van der Waals surface area contributed by atoms with Crippen LogP contribution in [0.15, 0.2) is 12.2 Å². The van der Waals surface area contributed by atoms with E-state index in [2.05, 4.69) is 4.74 Å². The van der Waals surface area contributed by atoms with Crippen LogP contribution in [0, 0.1) is 0 Å². The van der Waals surface area contributed by atoms with Gasteiger partial charge in [0.25, 0.3) is 0 Å². The van der Waals surface area contributed by atoms with Gasteiger partial charge in [-0.3, -0.25) is 4.79 Å². The summed E-state index contributed by atoms with van der Waals surface area (Å²) in [7, 11) is 0. The lowest BCUT2D eigenvalue weighted by Crippen LogP contribution is -2.03. The Morgan fingerprint density at radius 2 is 2.00 bits per heavy atom. The monoisotopic (exact) mass is 224 g/mol. The summed E-state index contributed by atoms with van der Waals surface area (Å²) in [4.78, 5) is 10.8. The first-order valence-electron chi connectivity index (χ1n) is 4.85. The first kappa shape index (κ1) is 14.0. The van der Waals surface area contributed by atoms with Crippen LogP contribution in [0.3, 0.4) is 0 Å². The second-order valence-corrected chi connectivity index (χ2v) is 2.99. The van der Waals surface area contributed by atoms with Gasteiger partial charge < -0.3 is 4.74 Å². The first-order chi connectivity index (χ1) is 6.95. The number of esters is 1. The molecule has 2 nitrogen and oxygen atoms in total. The van der Waals surface area contributed by atoms with Crippen molar-refractivity contribution in [3.05, 3.63) is 12.2 Å². The number of rotatable bonds is 6. The van der Waals surface area contributed by atoms with Gasteiger partial charge in [0.1, 0.15) is 0 Å². The number of ether oxygens (including phenoxy) is 1.